The fourth-order valence-electron chi connectivity index (χ4n) is 3.43. The van der Waals surface area contributed by atoms with Gasteiger partial charge in [-0.25, -0.2) is 9.18 Å². The van der Waals surface area contributed by atoms with E-state index in [0.717, 1.165) is 31.9 Å². The zero-order chi connectivity index (χ0) is 21.0. The standard InChI is InChI=1S/C22H26FN3O3/c1-15(2)25-10-12-26(13-11-25)20-9-6-17(22(28)29-3)14-19(20)24-21(27)16-4-7-18(23)8-5-16/h4-9,14-15H,10-13H2,1-3H3,(H,24,27). The molecular formula is C22H26FN3O3. The minimum Gasteiger partial charge on any atom is -0.465 e. The molecule has 0 unspecified atom stereocenters. The molecule has 1 aliphatic rings. The van der Waals surface area contributed by atoms with Gasteiger partial charge in [0.15, 0.2) is 0 Å². The normalized spacial score (nSPS) is 14.7. The van der Waals surface area contributed by atoms with Gasteiger partial charge < -0.3 is 15.0 Å². The second-order valence-corrected chi connectivity index (χ2v) is 7.30. The predicted octanol–water partition coefficient (Wildman–Crippen LogP) is 3.40. The maximum Gasteiger partial charge on any atom is 0.337 e. The van der Waals surface area contributed by atoms with Crippen molar-refractivity contribution in [1.82, 2.24) is 4.90 Å². The Labute approximate surface area is 170 Å². The van der Waals surface area contributed by atoms with E-state index in [-0.39, 0.29) is 5.91 Å². The fourth-order valence-corrected chi connectivity index (χ4v) is 3.43. The van der Waals surface area contributed by atoms with Gasteiger partial charge in [0.25, 0.3) is 5.91 Å². The van der Waals surface area contributed by atoms with Gasteiger partial charge in [-0.05, 0) is 56.3 Å². The first-order valence-electron chi connectivity index (χ1n) is 9.67. The highest BCUT2D eigenvalue weighted by atomic mass is 19.1. The highest BCUT2D eigenvalue weighted by Crippen LogP contribution is 2.29. The molecule has 6 nitrogen and oxygen atoms in total. The zero-order valence-electron chi connectivity index (χ0n) is 16.9. The van der Waals surface area contributed by atoms with Crippen LogP contribution in [-0.2, 0) is 4.74 Å². The Hall–Kier alpha value is -2.93. The molecule has 2 aromatic rings. The van der Waals surface area contributed by atoms with Crippen LogP contribution in [0.2, 0.25) is 0 Å². The summed E-state index contributed by atoms with van der Waals surface area (Å²) in [5.41, 5.74) is 2.06. The van der Waals surface area contributed by atoms with Gasteiger partial charge in [0.05, 0.1) is 24.0 Å². The quantitative estimate of drug-likeness (QED) is 0.781. The Bertz CT molecular complexity index is 875. The van der Waals surface area contributed by atoms with Crippen molar-refractivity contribution in [2.75, 3.05) is 43.5 Å². The number of hydrogen-bond donors (Lipinski definition) is 1. The molecule has 7 heteroatoms. The second kappa shape index (κ2) is 9.05. The third-order valence-electron chi connectivity index (χ3n) is 5.16. The predicted molar refractivity (Wildman–Crippen MR) is 111 cm³/mol. The van der Waals surface area contributed by atoms with Crippen LogP contribution < -0.4 is 10.2 Å². The molecule has 2 aromatic carbocycles. The average molecular weight is 399 g/mol. The van der Waals surface area contributed by atoms with Gasteiger partial charge in [0, 0.05) is 37.8 Å². The molecule has 0 atom stereocenters. The number of benzene rings is 2. The number of amides is 1. The number of methoxy groups -OCH3 is 1. The summed E-state index contributed by atoms with van der Waals surface area (Å²) in [6.07, 6.45) is 0. The van der Waals surface area contributed by atoms with E-state index in [9.17, 15) is 14.0 Å². The smallest absolute Gasteiger partial charge is 0.337 e. The number of carbonyl (C=O) groups is 2. The molecule has 0 saturated carbocycles. The number of ether oxygens (including phenoxy) is 1. The lowest BCUT2D eigenvalue weighted by atomic mass is 10.1. The molecule has 1 saturated heterocycles. The van der Waals surface area contributed by atoms with Gasteiger partial charge in [0.2, 0.25) is 0 Å². The first kappa shape index (κ1) is 20.8. The number of carbonyl (C=O) groups excluding carboxylic acids is 2. The van der Waals surface area contributed by atoms with E-state index in [1.165, 1.54) is 31.4 Å². The molecular weight excluding hydrogens is 373 g/mol. The molecule has 1 amide bonds. The van der Waals surface area contributed by atoms with Crippen molar-refractivity contribution in [3.05, 3.63) is 59.4 Å². The first-order chi connectivity index (χ1) is 13.9. The van der Waals surface area contributed by atoms with Crippen LogP contribution in [0.5, 0.6) is 0 Å². The molecule has 0 spiro atoms. The van der Waals surface area contributed by atoms with Crippen molar-refractivity contribution in [3.63, 3.8) is 0 Å². The van der Waals surface area contributed by atoms with E-state index in [4.69, 9.17) is 4.74 Å². The van der Waals surface area contributed by atoms with Crippen molar-refractivity contribution in [2.24, 2.45) is 0 Å². The molecule has 0 aromatic heterocycles. The summed E-state index contributed by atoms with van der Waals surface area (Å²) in [4.78, 5) is 29.2. The third-order valence-corrected chi connectivity index (χ3v) is 5.16. The van der Waals surface area contributed by atoms with Crippen LogP contribution in [0.3, 0.4) is 0 Å². The lowest BCUT2D eigenvalue weighted by Crippen LogP contribution is -2.49. The largest absolute Gasteiger partial charge is 0.465 e. The minimum atomic E-state index is -0.474. The van der Waals surface area contributed by atoms with E-state index in [2.05, 4.69) is 29.0 Å². The number of nitrogens with one attached hydrogen (secondary N) is 1. The minimum absolute atomic E-state index is 0.338. The van der Waals surface area contributed by atoms with Crippen molar-refractivity contribution in [2.45, 2.75) is 19.9 Å². The van der Waals surface area contributed by atoms with Crippen LogP contribution in [0, 0.1) is 5.82 Å². The zero-order valence-corrected chi connectivity index (χ0v) is 16.9. The van der Waals surface area contributed by atoms with Crippen LogP contribution in [0.4, 0.5) is 15.8 Å². The maximum atomic E-state index is 13.2. The van der Waals surface area contributed by atoms with Gasteiger partial charge in [-0.3, -0.25) is 9.69 Å². The second-order valence-electron chi connectivity index (χ2n) is 7.30. The van der Waals surface area contributed by atoms with Crippen LogP contribution in [0.15, 0.2) is 42.5 Å². The molecule has 3 rings (SSSR count). The first-order valence-corrected chi connectivity index (χ1v) is 9.67. The summed E-state index contributed by atoms with van der Waals surface area (Å²) in [6, 6.07) is 11.0. The van der Waals surface area contributed by atoms with E-state index in [1.54, 1.807) is 12.1 Å². The monoisotopic (exact) mass is 399 g/mol. The number of nitrogens with zero attached hydrogens (tertiary/aromatic N) is 2. The summed E-state index contributed by atoms with van der Waals surface area (Å²) < 4.78 is 18.0. The molecule has 1 aliphatic heterocycles. The highest BCUT2D eigenvalue weighted by Gasteiger charge is 2.22. The van der Waals surface area contributed by atoms with Crippen molar-refractivity contribution in [1.29, 1.82) is 0 Å². The van der Waals surface area contributed by atoms with Crippen LogP contribution in [0.1, 0.15) is 34.6 Å². The Kier molecular flexibility index (Phi) is 6.49. The van der Waals surface area contributed by atoms with Crippen LogP contribution >= 0.6 is 0 Å². The molecule has 0 bridgehead atoms. The van der Waals surface area contributed by atoms with E-state index < -0.39 is 11.8 Å². The molecule has 0 aliphatic carbocycles. The van der Waals surface area contributed by atoms with Crippen molar-refractivity contribution < 1.29 is 18.7 Å². The summed E-state index contributed by atoms with van der Waals surface area (Å²) >= 11 is 0. The number of hydrogen-bond acceptors (Lipinski definition) is 5. The molecule has 1 heterocycles. The van der Waals surface area contributed by atoms with Gasteiger partial charge in [-0.15, -0.1) is 0 Å². The lowest BCUT2D eigenvalue weighted by molar-refractivity contribution is 0.0600. The number of halogens is 1. The van der Waals surface area contributed by atoms with Gasteiger partial charge in [0.1, 0.15) is 5.82 Å². The third kappa shape index (κ3) is 4.92. The summed E-state index contributed by atoms with van der Waals surface area (Å²) in [5, 5.41) is 2.87. The molecule has 29 heavy (non-hydrogen) atoms. The highest BCUT2D eigenvalue weighted by molar-refractivity contribution is 6.06. The Balaban J connectivity index is 1.87. The van der Waals surface area contributed by atoms with E-state index >= 15 is 0 Å². The van der Waals surface area contributed by atoms with Crippen LogP contribution in [0.25, 0.3) is 0 Å². The topological polar surface area (TPSA) is 61.9 Å². The summed E-state index contributed by atoms with van der Waals surface area (Å²) in [7, 11) is 1.32. The molecule has 154 valence electrons. The van der Waals surface area contributed by atoms with Gasteiger partial charge in [-0.2, -0.15) is 0 Å². The van der Waals surface area contributed by atoms with E-state index in [0.29, 0.717) is 22.9 Å². The summed E-state index contributed by atoms with van der Waals surface area (Å²) in [6.45, 7) is 7.82. The Morgan fingerprint density at radius 2 is 1.62 bits per heavy atom. The molecule has 0 radical (unpaired) electrons. The SMILES string of the molecule is COC(=O)c1ccc(N2CCN(C(C)C)CC2)c(NC(=O)c2ccc(F)cc2)c1. The van der Waals surface area contributed by atoms with Gasteiger partial charge >= 0.3 is 5.97 Å². The summed E-state index contributed by atoms with van der Waals surface area (Å²) in [5.74, 6) is -1.24. The fraction of sp³-hybridized carbons (Fsp3) is 0.364. The Morgan fingerprint density at radius 3 is 2.21 bits per heavy atom. The lowest BCUT2D eigenvalue weighted by Gasteiger charge is -2.38. The molecule has 1 fully saturated rings. The average Bonchev–Trinajstić information content (AvgIpc) is 2.73. The number of anilines is 2. The van der Waals surface area contributed by atoms with Crippen LogP contribution in [-0.4, -0.2) is 56.1 Å². The Morgan fingerprint density at radius 1 is 1.00 bits per heavy atom. The van der Waals surface area contributed by atoms with E-state index in [1.807, 2.05) is 6.07 Å². The van der Waals surface area contributed by atoms with Gasteiger partial charge in [-0.1, -0.05) is 0 Å². The molecule has 1 N–H and O–H groups in total. The number of piperazine rings is 1. The maximum absolute atomic E-state index is 13.2. The number of esters is 1. The van der Waals surface area contributed by atoms with Crippen molar-refractivity contribution >= 4 is 23.3 Å². The number of rotatable bonds is 5. The van der Waals surface area contributed by atoms with Crippen molar-refractivity contribution in [3.8, 4) is 0 Å².